The molecule has 90 valence electrons. The molecule has 0 unspecified atom stereocenters. The van der Waals surface area contributed by atoms with Crippen LogP contribution in [0.4, 0.5) is 0 Å². The van der Waals surface area contributed by atoms with Crippen LogP contribution in [0.1, 0.15) is 13.3 Å². The van der Waals surface area contributed by atoms with E-state index in [0.717, 1.165) is 44.3 Å². The molecule has 1 fully saturated rings. The molecule has 1 saturated heterocycles. The van der Waals surface area contributed by atoms with E-state index in [4.69, 9.17) is 10.5 Å². The van der Waals surface area contributed by atoms with Crippen LogP contribution in [0.3, 0.4) is 0 Å². The molecule has 0 bridgehead atoms. The monoisotopic (exact) mass is 224 g/mol. The van der Waals surface area contributed by atoms with Crippen LogP contribution >= 0.6 is 0 Å². The fourth-order valence-electron chi connectivity index (χ4n) is 1.59. The zero-order chi connectivity index (χ0) is 11.8. The summed E-state index contributed by atoms with van der Waals surface area (Å²) in [6.07, 6.45) is 2.92. The standard InChI is InChI=1S/C11H20N4O/c1-10(14-9-12)8-11(13-2)15-4-3-6-16-7-5-15/h8H,2-7,9,12H2,1H3/b11-8+,14-10?. The van der Waals surface area contributed by atoms with Crippen LogP contribution in [0.2, 0.25) is 0 Å². The van der Waals surface area contributed by atoms with Gasteiger partial charge in [-0.2, -0.15) is 0 Å². The fraction of sp³-hybridized carbons (Fsp3) is 0.636. The molecule has 0 saturated carbocycles. The van der Waals surface area contributed by atoms with Crippen LogP contribution in [0.25, 0.3) is 0 Å². The number of nitrogens with two attached hydrogens (primary N) is 1. The average molecular weight is 224 g/mol. The van der Waals surface area contributed by atoms with Gasteiger partial charge in [-0.1, -0.05) is 0 Å². The van der Waals surface area contributed by atoms with Crippen molar-refractivity contribution in [1.29, 1.82) is 0 Å². The molecule has 1 heterocycles. The highest BCUT2D eigenvalue weighted by Gasteiger charge is 2.11. The zero-order valence-corrected chi connectivity index (χ0v) is 9.85. The van der Waals surface area contributed by atoms with Gasteiger partial charge >= 0.3 is 0 Å². The first-order valence-electron chi connectivity index (χ1n) is 5.50. The lowest BCUT2D eigenvalue weighted by molar-refractivity contribution is 0.145. The number of nitrogens with zero attached hydrogens (tertiary/aromatic N) is 3. The predicted molar refractivity (Wildman–Crippen MR) is 66.8 cm³/mol. The van der Waals surface area contributed by atoms with E-state index < -0.39 is 0 Å². The van der Waals surface area contributed by atoms with Gasteiger partial charge in [0.1, 0.15) is 5.82 Å². The molecule has 16 heavy (non-hydrogen) atoms. The van der Waals surface area contributed by atoms with E-state index in [0.29, 0.717) is 6.67 Å². The Bertz CT molecular complexity index is 278. The normalized spacial score (nSPS) is 19.5. The van der Waals surface area contributed by atoms with E-state index in [2.05, 4.69) is 21.6 Å². The average Bonchev–Trinajstić information content (AvgIpc) is 2.55. The minimum absolute atomic E-state index is 0.301. The van der Waals surface area contributed by atoms with Crippen LogP contribution in [-0.4, -0.2) is 50.3 Å². The topological polar surface area (TPSA) is 63.2 Å². The van der Waals surface area contributed by atoms with Crippen molar-refractivity contribution in [3.05, 3.63) is 11.9 Å². The Morgan fingerprint density at radius 2 is 2.31 bits per heavy atom. The molecule has 0 aromatic carbocycles. The van der Waals surface area contributed by atoms with Crippen molar-refractivity contribution in [3.63, 3.8) is 0 Å². The number of hydrogen-bond donors (Lipinski definition) is 1. The molecule has 0 aliphatic carbocycles. The van der Waals surface area contributed by atoms with Gasteiger partial charge in [-0.15, -0.1) is 0 Å². The van der Waals surface area contributed by atoms with E-state index in [1.54, 1.807) is 0 Å². The molecule has 1 aliphatic rings. The molecule has 0 radical (unpaired) electrons. The van der Waals surface area contributed by atoms with Crippen LogP contribution in [-0.2, 0) is 4.74 Å². The van der Waals surface area contributed by atoms with Crippen molar-refractivity contribution < 1.29 is 4.74 Å². The SMILES string of the molecule is C=N/C(=C\C(C)=NCN)N1CCCOCC1. The second kappa shape index (κ2) is 7.14. The van der Waals surface area contributed by atoms with Crippen molar-refractivity contribution >= 4 is 12.4 Å². The highest BCUT2D eigenvalue weighted by molar-refractivity contribution is 5.93. The molecule has 5 heteroatoms. The summed E-state index contributed by atoms with van der Waals surface area (Å²) in [5.41, 5.74) is 6.22. The number of rotatable bonds is 4. The highest BCUT2D eigenvalue weighted by Crippen LogP contribution is 2.09. The van der Waals surface area contributed by atoms with Gasteiger partial charge in [0, 0.05) is 31.5 Å². The highest BCUT2D eigenvalue weighted by atomic mass is 16.5. The first-order valence-corrected chi connectivity index (χ1v) is 5.50. The molecule has 0 aromatic rings. The Morgan fingerprint density at radius 1 is 1.50 bits per heavy atom. The summed E-state index contributed by atoms with van der Waals surface area (Å²) in [5.74, 6) is 0.847. The lowest BCUT2D eigenvalue weighted by Crippen LogP contribution is -2.25. The quantitative estimate of drug-likeness (QED) is 0.712. The summed E-state index contributed by atoms with van der Waals surface area (Å²) in [7, 11) is 0. The molecule has 5 nitrogen and oxygen atoms in total. The van der Waals surface area contributed by atoms with Gasteiger partial charge in [0.05, 0.1) is 13.3 Å². The van der Waals surface area contributed by atoms with E-state index in [1.807, 2.05) is 13.0 Å². The van der Waals surface area contributed by atoms with Gasteiger partial charge in [0.15, 0.2) is 0 Å². The van der Waals surface area contributed by atoms with Crippen molar-refractivity contribution in [3.8, 4) is 0 Å². The molecule has 0 amide bonds. The Balaban J connectivity index is 2.71. The third kappa shape index (κ3) is 4.12. The number of allylic oxidation sites excluding steroid dienone is 1. The number of aliphatic imine (C=N–C) groups is 2. The molecule has 1 aliphatic heterocycles. The van der Waals surface area contributed by atoms with Gasteiger partial charge in [0.25, 0.3) is 0 Å². The maximum Gasteiger partial charge on any atom is 0.129 e. The lowest BCUT2D eigenvalue weighted by Gasteiger charge is -2.21. The minimum atomic E-state index is 0.301. The Morgan fingerprint density at radius 3 is 3.00 bits per heavy atom. The summed E-state index contributed by atoms with van der Waals surface area (Å²) >= 11 is 0. The van der Waals surface area contributed by atoms with Crippen LogP contribution < -0.4 is 5.73 Å². The molecule has 0 atom stereocenters. The van der Waals surface area contributed by atoms with Crippen LogP contribution in [0.15, 0.2) is 21.9 Å². The van der Waals surface area contributed by atoms with E-state index in [1.165, 1.54) is 0 Å². The molecular formula is C11H20N4O. The van der Waals surface area contributed by atoms with Gasteiger partial charge in [-0.05, 0) is 20.1 Å². The minimum Gasteiger partial charge on any atom is -0.380 e. The zero-order valence-electron chi connectivity index (χ0n) is 9.85. The predicted octanol–water partition coefficient (Wildman–Crippen LogP) is 0.628. The third-order valence-corrected chi connectivity index (χ3v) is 2.39. The Hall–Kier alpha value is -1.20. The second-order valence-corrected chi connectivity index (χ2v) is 3.60. The molecule has 0 aromatic heterocycles. The molecule has 1 rings (SSSR count). The molecular weight excluding hydrogens is 204 g/mol. The third-order valence-electron chi connectivity index (χ3n) is 2.39. The van der Waals surface area contributed by atoms with Gasteiger partial charge in [-0.3, -0.25) is 4.99 Å². The van der Waals surface area contributed by atoms with Crippen molar-refractivity contribution in [2.45, 2.75) is 13.3 Å². The van der Waals surface area contributed by atoms with Gasteiger partial charge < -0.3 is 15.4 Å². The largest absolute Gasteiger partial charge is 0.380 e. The fourth-order valence-corrected chi connectivity index (χ4v) is 1.59. The molecule has 2 N–H and O–H groups in total. The second-order valence-electron chi connectivity index (χ2n) is 3.60. The van der Waals surface area contributed by atoms with E-state index in [9.17, 15) is 0 Å². The van der Waals surface area contributed by atoms with Gasteiger partial charge in [-0.25, -0.2) is 4.99 Å². The smallest absolute Gasteiger partial charge is 0.129 e. The first kappa shape index (κ1) is 12.9. The summed E-state index contributed by atoms with van der Waals surface area (Å²) in [4.78, 5) is 10.3. The van der Waals surface area contributed by atoms with Crippen LogP contribution in [0, 0.1) is 0 Å². The summed E-state index contributed by atoms with van der Waals surface area (Å²) in [6, 6.07) is 0. The maximum atomic E-state index is 5.39. The Kier molecular flexibility index (Phi) is 5.74. The number of ether oxygens (including phenoxy) is 1. The van der Waals surface area contributed by atoms with E-state index in [-0.39, 0.29) is 0 Å². The van der Waals surface area contributed by atoms with Crippen molar-refractivity contribution in [2.75, 3.05) is 33.0 Å². The summed E-state index contributed by atoms with van der Waals surface area (Å²) in [5, 5.41) is 0. The van der Waals surface area contributed by atoms with Crippen LogP contribution in [0.5, 0.6) is 0 Å². The lowest BCUT2D eigenvalue weighted by atomic mass is 10.3. The molecule has 0 spiro atoms. The Labute approximate surface area is 96.7 Å². The summed E-state index contributed by atoms with van der Waals surface area (Å²) in [6.45, 7) is 9.15. The number of hydrogen-bond acceptors (Lipinski definition) is 5. The summed E-state index contributed by atoms with van der Waals surface area (Å²) < 4.78 is 5.39. The van der Waals surface area contributed by atoms with Crippen molar-refractivity contribution in [2.24, 2.45) is 15.7 Å². The van der Waals surface area contributed by atoms with E-state index >= 15 is 0 Å². The van der Waals surface area contributed by atoms with Gasteiger partial charge in [0.2, 0.25) is 0 Å². The first-order chi connectivity index (χ1) is 7.77. The van der Waals surface area contributed by atoms with Crippen molar-refractivity contribution in [1.82, 2.24) is 4.90 Å². The maximum absolute atomic E-state index is 5.39.